The molecular formula is C30H26F3NO4S. The molecule has 5 rings (SSSR count). The van der Waals surface area contributed by atoms with E-state index in [1.54, 1.807) is 13.0 Å². The minimum absolute atomic E-state index is 0.0298. The van der Waals surface area contributed by atoms with Crippen molar-refractivity contribution in [2.45, 2.75) is 38.1 Å². The van der Waals surface area contributed by atoms with Gasteiger partial charge in [0.15, 0.2) is 5.76 Å². The third-order valence-electron chi connectivity index (χ3n) is 6.86. The summed E-state index contributed by atoms with van der Waals surface area (Å²) in [6.45, 7) is 1.56. The summed E-state index contributed by atoms with van der Waals surface area (Å²) in [5.41, 5.74) is -0.994. The lowest BCUT2D eigenvalue weighted by Crippen LogP contribution is -2.28. The van der Waals surface area contributed by atoms with Gasteiger partial charge in [-0.3, -0.25) is 0 Å². The second-order valence-electron chi connectivity index (χ2n) is 9.44. The number of hydrogen-bond donors (Lipinski definition) is 0. The number of aromatic nitrogens is 1. The van der Waals surface area contributed by atoms with Gasteiger partial charge in [0.05, 0.1) is 0 Å². The highest BCUT2D eigenvalue weighted by Gasteiger charge is 2.48. The molecule has 39 heavy (non-hydrogen) atoms. The van der Waals surface area contributed by atoms with E-state index in [0.29, 0.717) is 29.2 Å². The van der Waals surface area contributed by atoms with Crippen molar-refractivity contribution in [3.8, 4) is 28.3 Å². The molecule has 9 heteroatoms. The number of benzene rings is 3. The second-order valence-corrected chi connectivity index (χ2v) is 11.0. The number of halogens is 3. The van der Waals surface area contributed by atoms with Crippen LogP contribution >= 0.6 is 0 Å². The largest absolute Gasteiger partial charge is 0.534 e. The SMILES string of the molecule is Cc1c(CC2CCCC=C2c2nc(-c3ccccc3)c(-c3ccccc3)o2)cccc1OS(=O)(=O)C(F)(F)F. The average molecular weight is 554 g/mol. The molecule has 4 aromatic rings. The average Bonchev–Trinajstić information content (AvgIpc) is 3.37. The zero-order chi connectivity index (χ0) is 27.6. The maximum atomic E-state index is 12.9. The van der Waals surface area contributed by atoms with E-state index in [9.17, 15) is 21.6 Å². The molecule has 0 bridgehead atoms. The minimum Gasteiger partial charge on any atom is -0.436 e. The summed E-state index contributed by atoms with van der Waals surface area (Å²) in [6.07, 6.45) is 5.17. The van der Waals surface area contributed by atoms with Crippen LogP contribution in [0.5, 0.6) is 5.75 Å². The lowest BCUT2D eigenvalue weighted by molar-refractivity contribution is -0.0500. The van der Waals surface area contributed by atoms with Gasteiger partial charge in [0.2, 0.25) is 5.89 Å². The number of rotatable bonds is 7. The first-order chi connectivity index (χ1) is 18.6. The first-order valence-corrected chi connectivity index (χ1v) is 14.0. The van der Waals surface area contributed by atoms with Gasteiger partial charge in [0.1, 0.15) is 11.4 Å². The third kappa shape index (κ3) is 5.63. The predicted octanol–water partition coefficient (Wildman–Crippen LogP) is 7.97. The highest BCUT2D eigenvalue weighted by Crippen LogP contribution is 2.41. The van der Waals surface area contributed by atoms with Crippen molar-refractivity contribution < 1.29 is 30.2 Å². The van der Waals surface area contributed by atoms with Crippen LogP contribution in [-0.4, -0.2) is 18.9 Å². The standard InChI is InChI=1S/C30H26F3NO4S/c1-20-23(16-10-18-26(20)38-39(35,36)30(31,32)33)19-24-15-8-9-17-25(24)29-34-27(21-11-4-2-5-12-21)28(37-29)22-13-6-3-7-14-22/h2-7,10-14,16-18,24H,8-9,15,19H2,1H3. The van der Waals surface area contributed by atoms with Crippen LogP contribution < -0.4 is 4.18 Å². The molecule has 0 amide bonds. The number of hydrogen-bond acceptors (Lipinski definition) is 5. The number of alkyl halides is 3. The zero-order valence-electron chi connectivity index (χ0n) is 21.1. The summed E-state index contributed by atoms with van der Waals surface area (Å²) in [5, 5.41) is 0. The van der Waals surface area contributed by atoms with Crippen molar-refractivity contribution in [3.05, 3.63) is 102 Å². The molecule has 0 radical (unpaired) electrons. The fourth-order valence-electron chi connectivity index (χ4n) is 4.84. The van der Waals surface area contributed by atoms with Crippen molar-refractivity contribution in [3.63, 3.8) is 0 Å². The summed E-state index contributed by atoms with van der Waals surface area (Å²) in [7, 11) is -5.77. The molecule has 0 saturated heterocycles. The monoisotopic (exact) mass is 553 g/mol. The molecule has 1 atom stereocenters. The van der Waals surface area contributed by atoms with E-state index in [-0.39, 0.29) is 11.7 Å². The molecule has 3 aromatic carbocycles. The van der Waals surface area contributed by atoms with Crippen LogP contribution in [-0.2, 0) is 16.5 Å². The molecule has 0 N–H and O–H groups in total. The Balaban J connectivity index is 1.49. The molecule has 0 aliphatic heterocycles. The Morgan fingerprint density at radius 3 is 2.28 bits per heavy atom. The summed E-state index contributed by atoms with van der Waals surface area (Å²) < 4.78 is 72.8. The summed E-state index contributed by atoms with van der Waals surface area (Å²) in [4.78, 5) is 4.92. The topological polar surface area (TPSA) is 69.4 Å². The lowest BCUT2D eigenvalue weighted by atomic mass is 9.82. The Morgan fingerprint density at radius 2 is 1.62 bits per heavy atom. The van der Waals surface area contributed by atoms with Crippen LogP contribution in [0.15, 0.2) is 89.4 Å². The van der Waals surface area contributed by atoms with Crippen molar-refractivity contribution in [1.29, 1.82) is 0 Å². The normalized spacial score (nSPS) is 16.1. The Bertz CT molecular complexity index is 1540. The number of oxazole rings is 1. The van der Waals surface area contributed by atoms with Gasteiger partial charge in [-0.05, 0) is 55.7 Å². The van der Waals surface area contributed by atoms with Gasteiger partial charge in [0.25, 0.3) is 0 Å². The van der Waals surface area contributed by atoms with Crippen LogP contribution in [0.4, 0.5) is 13.2 Å². The summed E-state index contributed by atoms with van der Waals surface area (Å²) >= 11 is 0. The Hall–Kier alpha value is -3.85. The van der Waals surface area contributed by atoms with Gasteiger partial charge in [-0.1, -0.05) is 78.9 Å². The number of nitrogens with zero attached hydrogens (tertiary/aromatic N) is 1. The quantitative estimate of drug-likeness (QED) is 0.171. The smallest absolute Gasteiger partial charge is 0.436 e. The van der Waals surface area contributed by atoms with Crippen LogP contribution in [0, 0.1) is 12.8 Å². The second kappa shape index (κ2) is 10.7. The maximum Gasteiger partial charge on any atom is 0.534 e. The molecule has 5 nitrogen and oxygen atoms in total. The van der Waals surface area contributed by atoms with Gasteiger partial charge in [-0.2, -0.15) is 21.6 Å². The van der Waals surface area contributed by atoms with E-state index in [4.69, 9.17) is 9.40 Å². The summed E-state index contributed by atoms with van der Waals surface area (Å²) in [6, 6.07) is 24.0. The van der Waals surface area contributed by atoms with Crippen LogP contribution in [0.25, 0.3) is 28.2 Å². The Kier molecular flexibility index (Phi) is 7.36. The first-order valence-electron chi connectivity index (χ1n) is 12.6. The predicted molar refractivity (Wildman–Crippen MR) is 143 cm³/mol. The van der Waals surface area contributed by atoms with Crippen LogP contribution in [0.1, 0.15) is 36.3 Å². The molecule has 0 fully saturated rings. The Morgan fingerprint density at radius 1 is 0.949 bits per heavy atom. The van der Waals surface area contributed by atoms with Crippen molar-refractivity contribution in [1.82, 2.24) is 4.98 Å². The molecule has 0 spiro atoms. The first kappa shape index (κ1) is 26.7. The van der Waals surface area contributed by atoms with Gasteiger partial charge in [-0.25, -0.2) is 4.98 Å². The van der Waals surface area contributed by atoms with Crippen LogP contribution in [0.2, 0.25) is 0 Å². The van der Waals surface area contributed by atoms with Crippen LogP contribution in [0.3, 0.4) is 0 Å². The summed E-state index contributed by atoms with van der Waals surface area (Å²) in [5.74, 6) is 0.797. The van der Waals surface area contributed by atoms with Crippen molar-refractivity contribution in [2.24, 2.45) is 5.92 Å². The molecule has 202 valence electrons. The van der Waals surface area contributed by atoms with Gasteiger partial charge in [-0.15, -0.1) is 0 Å². The molecular weight excluding hydrogens is 527 g/mol. The van der Waals surface area contributed by atoms with E-state index in [1.807, 2.05) is 60.7 Å². The fourth-order valence-corrected chi connectivity index (χ4v) is 5.35. The Labute approximate surface area is 225 Å². The van der Waals surface area contributed by atoms with E-state index >= 15 is 0 Å². The van der Waals surface area contributed by atoms with E-state index in [2.05, 4.69) is 10.3 Å². The third-order valence-corrected chi connectivity index (χ3v) is 7.83. The van der Waals surface area contributed by atoms with Crippen molar-refractivity contribution in [2.75, 3.05) is 0 Å². The van der Waals surface area contributed by atoms with E-state index in [0.717, 1.165) is 41.7 Å². The molecule has 0 saturated carbocycles. The van der Waals surface area contributed by atoms with Gasteiger partial charge in [0, 0.05) is 16.7 Å². The number of allylic oxidation sites excluding steroid dienone is 2. The molecule has 1 heterocycles. The molecule has 1 aliphatic rings. The van der Waals surface area contributed by atoms with E-state index < -0.39 is 15.6 Å². The highest BCUT2D eigenvalue weighted by molar-refractivity contribution is 7.88. The lowest BCUT2D eigenvalue weighted by Gasteiger charge is -2.24. The highest BCUT2D eigenvalue weighted by atomic mass is 32.2. The fraction of sp³-hybridized carbons (Fsp3) is 0.233. The molecule has 1 aliphatic carbocycles. The van der Waals surface area contributed by atoms with Gasteiger partial charge >= 0.3 is 15.6 Å². The zero-order valence-corrected chi connectivity index (χ0v) is 21.9. The van der Waals surface area contributed by atoms with E-state index in [1.165, 1.54) is 12.1 Å². The molecule has 1 unspecified atom stereocenters. The van der Waals surface area contributed by atoms with Gasteiger partial charge < -0.3 is 8.60 Å². The maximum absolute atomic E-state index is 12.9. The minimum atomic E-state index is -5.77. The van der Waals surface area contributed by atoms with Crippen molar-refractivity contribution >= 4 is 15.7 Å². The molecule has 1 aromatic heterocycles.